The third kappa shape index (κ3) is 2.10. The van der Waals surface area contributed by atoms with Crippen LogP contribution >= 0.6 is 0 Å². The maximum atomic E-state index is 13.1. The van der Waals surface area contributed by atoms with Gasteiger partial charge in [0.05, 0.1) is 17.6 Å². The lowest BCUT2D eigenvalue weighted by Crippen LogP contribution is -2.17. The van der Waals surface area contributed by atoms with Crippen molar-refractivity contribution in [2.45, 2.75) is 6.54 Å². The average molecular weight is 258 g/mol. The van der Waals surface area contributed by atoms with Crippen molar-refractivity contribution in [2.75, 3.05) is 0 Å². The SMILES string of the molecule is O=c1[nH]c2ccc(O)cc2n1Cc1cccc(F)c1. The van der Waals surface area contributed by atoms with Crippen LogP contribution in [0.3, 0.4) is 0 Å². The van der Waals surface area contributed by atoms with Crippen molar-refractivity contribution in [3.63, 3.8) is 0 Å². The van der Waals surface area contributed by atoms with Gasteiger partial charge >= 0.3 is 5.69 Å². The van der Waals surface area contributed by atoms with Gasteiger partial charge in [-0.05, 0) is 29.8 Å². The summed E-state index contributed by atoms with van der Waals surface area (Å²) >= 11 is 0. The van der Waals surface area contributed by atoms with Crippen molar-refractivity contribution in [1.29, 1.82) is 0 Å². The van der Waals surface area contributed by atoms with Gasteiger partial charge in [0.2, 0.25) is 0 Å². The maximum Gasteiger partial charge on any atom is 0.326 e. The quantitative estimate of drug-likeness (QED) is 0.740. The fourth-order valence-corrected chi connectivity index (χ4v) is 2.12. The second-order valence-corrected chi connectivity index (χ2v) is 4.35. The third-order valence-corrected chi connectivity index (χ3v) is 2.99. The van der Waals surface area contributed by atoms with Gasteiger partial charge in [0.15, 0.2) is 0 Å². The Kier molecular flexibility index (Phi) is 2.59. The Labute approximate surface area is 107 Å². The van der Waals surface area contributed by atoms with E-state index in [1.165, 1.54) is 28.8 Å². The molecular weight excluding hydrogens is 247 g/mol. The predicted molar refractivity (Wildman–Crippen MR) is 69.7 cm³/mol. The Morgan fingerprint density at radius 3 is 2.84 bits per heavy atom. The molecule has 19 heavy (non-hydrogen) atoms. The first-order valence-corrected chi connectivity index (χ1v) is 5.79. The molecule has 5 heteroatoms. The number of halogens is 1. The lowest BCUT2D eigenvalue weighted by Gasteiger charge is -2.04. The van der Waals surface area contributed by atoms with Crippen LogP contribution in [0.4, 0.5) is 4.39 Å². The number of nitrogens with one attached hydrogen (secondary N) is 1. The first kappa shape index (κ1) is 11.5. The summed E-state index contributed by atoms with van der Waals surface area (Å²) in [6, 6.07) is 10.7. The number of benzene rings is 2. The van der Waals surface area contributed by atoms with Crippen molar-refractivity contribution in [3.05, 3.63) is 64.3 Å². The first-order chi connectivity index (χ1) is 9.13. The molecule has 0 radical (unpaired) electrons. The number of rotatable bonds is 2. The minimum Gasteiger partial charge on any atom is -0.508 e. The molecule has 0 bridgehead atoms. The Balaban J connectivity index is 2.12. The molecule has 3 rings (SSSR count). The van der Waals surface area contributed by atoms with Gasteiger partial charge in [-0.15, -0.1) is 0 Å². The van der Waals surface area contributed by atoms with Crippen LogP contribution in [0.25, 0.3) is 11.0 Å². The van der Waals surface area contributed by atoms with Gasteiger partial charge in [0.1, 0.15) is 11.6 Å². The normalized spacial score (nSPS) is 11.0. The molecule has 0 aliphatic carbocycles. The Morgan fingerprint density at radius 2 is 2.05 bits per heavy atom. The molecule has 0 atom stereocenters. The number of imidazole rings is 1. The summed E-state index contributed by atoms with van der Waals surface area (Å²) < 4.78 is 14.6. The molecule has 0 fully saturated rings. The van der Waals surface area contributed by atoms with Crippen LogP contribution < -0.4 is 5.69 Å². The Morgan fingerprint density at radius 1 is 1.21 bits per heavy atom. The van der Waals surface area contributed by atoms with E-state index in [0.717, 1.165) is 0 Å². The fraction of sp³-hybridized carbons (Fsp3) is 0.0714. The molecule has 0 unspecified atom stereocenters. The number of fused-ring (bicyclic) bond motifs is 1. The number of nitrogens with zero attached hydrogens (tertiary/aromatic N) is 1. The van der Waals surface area contributed by atoms with Crippen molar-refractivity contribution < 1.29 is 9.50 Å². The van der Waals surface area contributed by atoms with E-state index in [2.05, 4.69) is 4.98 Å². The van der Waals surface area contributed by atoms with E-state index >= 15 is 0 Å². The molecule has 1 heterocycles. The highest BCUT2D eigenvalue weighted by molar-refractivity contribution is 5.76. The molecule has 2 N–H and O–H groups in total. The summed E-state index contributed by atoms with van der Waals surface area (Å²) in [5.74, 6) is -0.257. The molecule has 0 amide bonds. The van der Waals surface area contributed by atoms with Crippen LogP contribution in [0.1, 0.15) is 5.56 Å². The summed E-state index contributed by atoms with van der Waals surface area (Å²) in [4.78, 5) is 14.6. The standard InChI is InChI=1S/C14H11FN2O2/c15-10-3-1-2-9(6-10)8-17-13-7-11(18)4-5-12(13)16-14(17)19/h1-7,18H,8H2,(H,16,19). The molecule has 2 aromatic carbocycles. The van der Waals surface area contributed by atoms with Crippen molar-refractivity contribution in [1.82, 2.24) is 9.55 Å². The number of phenols is 1. The number of aromatic amines is 1. The number of aromatic hydroxyl groups is 1. The predicted octanol–water partition coefficient (Wildman–Crippen LogP) is 2.22. The maximum absolute atomic E-state index is 13.1. The largest absolute Gasteiger partial charge is 0.508 e. The van der Waals surface area contributed by atoms with Crippen LogP contribution in [-0.2, 0) is 6.54 Å². The van der Waals surface area contributed by atoms with E-state index in [1.54, 1.807) is 18.2 Å². The van der Waals surface area contributed by atoms with E-state index in [-0.39, 0.29) is 23.8 Å². The van der Waals surface area contributed by atoms with Crippen molar-refractivity contribution in [3.8, 4) is 5.75 Å². The summed E-state index contributed by atoms with van der Waals surface area (Å²) in [7, 11) is 0. The van der Waals surface area contributed by atoms with E-state index in [1.807, 2.05) is 0 Å². The first-order valence-electron chi connectivity index (χ1n) is 5.79. The van der Waals surface area contributed by atoms with Gasteiger partial charge < -0.3 is 10.1 Å². The smallest absolute Gasteiger partial charge is 0.326 e. The Hall–Kier alpha value is -2.56. The molecule has 0 aliphatic heterocycles. The summed E-state index contributed by atoms with van der Waals surface area (Å²) in [5.41, 5.74) is 1.63. The van der Waals surface area contributed by atoms with Crippen molar-refractivity contribution in [2.24, 2.45) is 0 Å². The minimum atomic E-state index is -0.340. The topological polar surface area (TPSA) is 58.0 Å². The van der Waals surface area contributed by atoms with Gasteiger partial charge in [-0.2, -0.15) is 0 Å². The van der Waals surface area contributed by atoms with Gasteiger partial charge in [0.25, 0.3) is 0 Å². The highest BCUT2D eigenvalue weighted by atomic mass is 19.1. The molecule has 0 spiro atoms. The van der Waals surface area contributed by atoms with Crippen molar-refractivity contribution >= 4 is 11.0 Å². The molecule has 4 nitrogen and oxygen atoms in total. The van der Waals surface area contributed by atoms with Crippen LogP contribution in [0.2, 0.25) is 0 Å². The molecule has 0 aliphatic rings. The van der Waals surface area contributed by atoms with E-state index < -0.39 is 0 Å². The zero-order valence-electron chi connectivity index (χ0n) is 9.93. The average Bonchev–Trinajstić information content (AvgIpc) is 2.66. The summed E-state index contributed by atoms with van der Waals surface area (Å²) in [5, 5.41) is 9.48. The lowest BCUT2D eigenvalue weighted by molar-refractivity contribution is 0.476. The van der Waals surface area contributed by atoms with E-state index in [9.17, 15) is 14.3 Å². The number of H-pyrrole nitrogens is 1. The lowest BCUT2D eigenvalue weighted by atomic mass is 10.2. The Bertz CT molecular complexity index is 805. The van der Waals surface area contributed by atoms with Crippen LogP contribution in [0.5, 0.6) is 5.75 Å². The number of hydrogen-bond acceptors (Lipinski definition) is 2. The second-order valence-electron chi connectivity index (χ2n) is 4.35. The monoisotopic (exact) mass is 258 g/mol. The fourth-order valence-electron chi connectivity index (χ4n) is 2.12. The summed E-state index contributed by atoms with van der Waals surface area (Å²) in [6.45, 7) is 0.250. The molecule has 1 aromatic heterocycles. The number of hydrogen-bond donors (Lipinski definition) is 2. The number of phenolic OH excluding ortho intramolecular Hbond substituents is 1. The van der Waals surface area contributed by atoms with Gasteiger partial charge in [0, 0.05) is 6.07 Å². The number of aromatic nitrogens is 2. The summed E-state index contributed by atoms with van der Waals surface area (Å²) in [6.07, 6.45) is 0. The van der Waals surface area contributed by atoms with Gasteiger partial charge in [-0.3, -0.25) is 4.57 Å². The molecule has 0 saturated carbocycles. The minimum absolute atomic E-state index is 0.0829. The van der Waals surface area contributed by atoms with Crippen LogP contribution in [0, 0.1) is 5.82 Å². The third-order valence-electron chi connectivity index (χ3n) is 2.99. The van der Waals surface area contributed by atoms with E-state index in [0.29, 0.717) is 16.6 Å². The zero-order chi connectivity index (χ0) is 13.4. The zero-order valence-corrected chi connectivity index (χ0v) is 9.93. The molecular formula is C14H11FN2O2. The van der Waals surface area contributed by atoms with Gasteiger partial charge in [-0.25, -0.2) is 9.18 Å². The van der Waals surface area contributed by atoms with Gasteiger partial charge in [-0.1, -0.05) is 12.1 Å². The molecule has 96 valence electrons. The van der Waals surface area contributed by atoms with Crippen LogP contribution in [-0.4, -0.2) is 14.7 Å². The highest BCUT2D eigenvalue weighted by Crippen LogP contribution is 2.18. The second kappa shape index (κ2) is 4.28. The van der Waals surface area contributed by atoms with Crippen LogP contribution in [0.15, 0.2) is 47.3 Å². The highest BCUT2D eigenvalue weighted by Gasteiger charge is 2.08. The molecule has 3 aromatic rings. The van der Waals surface area contributed by atoms with E-state index in [4.69, 9.17) is 0 Å². The molecule has 0 saturated heterocycles.